The van der Waals surface area contributed by atoms with Crippen molar-refractivity contribution in [1.29, 1.82) is 0 Å². The third kappa shape index (κ3) is 5.39. The van der Waals surface area contributed by atoms with Crippen LogP contribution < -0.4 is 20.1 Å². The fourth-order valence-electron chi connectivity index (χ4n) is 2.51. The summed E-state index contributed by atoms with van der Waals surface area (Å²) in [5, 5.41) is 5.58. The van der Waals surface area contributed by atoms with Gasteiger partial charge < -0.3 is 20.1 Å². The monoisotopic (exact) mass is 404 g/mol. The van der Waals surface area contributed by atoms with Crippen LogP contribution in [0.2, 0.25) is 5.02 Å². The fourth-order valence-corrected chi connectivity index (χ4v) is 2.77. The van der Waals surface area contributed by atoms with Crippen molar-refractivity contribution in [3.63, 3.8) is 0 Å². The molecule has 0 heterocycles. The Morgan fingerprint density at radius 2 is 1.86 bits per heavy atom. The highest BCUT2D eigenvalue weighted by molar-refractivity contribution is 6.32. The minimum atomic E-state index is -0.412. The van der Waals surface area contributed by atoms with Gasteiger partial charge in [0.05, 0.1) is 30.0 Å². The maximum atomic E-state index is 12.7. The maximum Gasteiger partial charge on any atom is 0.255 e. The molecule has 150 valence electrons. The standard InChI is InChI=1S/C21H25ClN2O4/c1-13(2)9-10-28-19-16(22)11-14(12-18(19)27-4)20(25)24-17-8-6-5-7-15(17)21(26)23-3/h5-8,11-13H,9-10H2,1-4H3,(H,23,26)(H,24,25). The van der Waals surface area contributed by atoms with Gasteiger partial charge in [-0.25, -0.2) is 0 Å². The number of hydrogen-bond acceptors (Lipinski definition) is 4. The second kappa shape index (κ2) is 9.99. The second-order valence-corrected chi connectivity index (χ2v) is 7.01. The van der Waals surface area contributed by atoms with Crippen molar-refractivity contribution in [3.8, 4) is 11.5 Å². The van der Waals surface area contributed by atoms with Gasteiger partial charge in [0.15, 0.2) is 11.5 Å². The van der Waals surface area contributed by atoms with E-state index in [9.17, 15) is 9.59 Å². The molecule has 2 aromatic rings. The number of benzene rings is 2. The lowest BCUT2D eigenvalue weighted by atomic mass is 10.1. The van der Waals surface area contributed by atoms with Gasteiger partial charge in [-0.05, 0) is 36.6 Å². The Hall–Kier alpha value is -2.73. The van der Waals surface area contributed by atoms with E-state index in [-0.39, 0.29) is 10.9 Å². The van der Waals surface area contributed by atoms with Gasteiger partial charge in [-0.15, -0.1) is 0 Å². The zero-order valence-corrected chi connectivity index (χ0v) is 17.2. The molecule has 0 aliphatic rings. The van der Waals surface area contributed by atoms with Crippen LogP contribution in [0.3, 0.4) is 0 Å². The number of carbonyl (C=O) groups excluding carboxylic acids is 2. The molecule has 0 aliphatic carbocycles. The van der Waals surface area contributed by atoms with Crippen molar-refractivity contribution in [2.75, 3.05) is 26.1 Å². The SMILES string of the molecule is CNC(=O)c1ccccc1NC(=O)c1cc(Cl)c(OCCC(C)C)c(OC)c1. The van der Waals surface area contributed by atoms with E-state index in [1.54, 1.807) is 30.3 Å². The molecule has 0 saturated carbocycles. The van der Waals surface area contributed by atoms with Crippen molar-refractivity contribution in [2.45, 2.75) is 20.3 Å². The predicted molar refractivity (Wildman–Crippen MR) is 111 cm³/mol. The molecule has 2 rings (SSSR count). The summed E-state index contributed by atoms with van der Waals surface area (Å²) in [7, 11) is 3.02. The first-order valence-corrected chi connectivity index (χ1v) is 9.38. The summed E-state index contributed by atoms with van der Waals surface area (Å²) < 4.78 is 11.1. The largest absolute Gasteiger partial charge is 0.493 e. The molecule has 2 aromatic carbocycles. The van der Waals surface area contributed by atoms with Crippen LogP contribution in [0.15, 0.2) is 36.4 Å². The molecule has 0 fully saturated rings. The Morgan fingerprint density at radius 3 is 2.50 bits per heavy atom. The topological polar surface area (TPSA) is 76.7 Å². The van der Waals surface area contributed by atoms with E-state index in [2.05, 4.69) is 24.5 Å². The van der Waals surface area contributed by atoms with Gasteiger partial charge in [0, 0.05) is 12.6 Å². The van der Waals surface area contributed by atoms with Gasteiger partial charge in [-0.3, -0.25) is 9.59 Å². The first kappa shape index (κ1) is 21.6. The Balaban J connectivity index is 2.25. The number of nitrogens with one attached hydrogen (secondary N) is 2. The summed E-state index contributed by atoms with van der Waals surface area (Å²) in [4.78, 5) is 24.7. The Bertz CT molecular complexity index is 852. The highest BCUT2D eigenvalue weighted by atomic mass is 35.5. The van der Waals surface area contributed by atoms with Crippen LogP contribution in [0.5, 0.6) is 11.5 Å². The number of para-hydroxylation sites is 1. The Kier molecular flexibility index (Phi) is 7.70. The number of hydrogen-bond donors (Lipinski definition) is 2. The van der Waals surface area contributed by atoms with Crippen molar-refractivity contribution in [3.05, 3.63) is 52.5 Å². The fraction of sp³-hybridized carbons (Fsp3) is 0.333. The van der Waals surface area contributed by atoms with E-state index in [0.717, 1.165) is 6.42 Å². The molecule has 0 spiro atoms. The quantitative estimate of drug-likeness (QED) is 0.684. The number of halogens is 1. The lowest BCUT2D eigenvalue weighted by Gasteiger charge is -2.15. The Morgan fingerprint density at radius 1 is 1.14 bits per heavy atom. The molecule has 6 nitrogen and oxygen atoms in total. The van der Waals surface area contributed by atoms with Crippen molar-refractivity contribution < 1.29 is 19.1 Å². The number of ether oxygens (including phenoxy) is 2. The van der Waals surface area contributed by atoms with Gasteiger partial charge in [0.1, 0.15) is 0 Å². The molecule has 0 unspecified atom stereocenters. The first-order valence-electron chi connectivity index (χ1n) is 9.00. The summed E-state index contributed by atoms with van der Waals surface area (Å²) in [6, 6.07) is 9.84. The molecule has 0 saturated heterocycles. The van der Waals surface area contributed by atoms with Crippen molar-refractivity contribution >= 4 is 29.1 Å². The van der Waals surface area contributed by atoms with Crippen LogP contribution in [0.1, 0.15) is 41.0 Å². The number of amides is 2. The van der Waals surface area contributed by atoms with Crippen LogP contribution >= 0.6 is 11.6 Å². The summed E-state index contributed by atoms with van der Waals surface area (Å²) in [5.41, 5.74) is 1.06. The Labute approximate surface area is 170 Å². The molecule has 0 aliphatic heterocycles. The van der Waals surface area contributed by atoms with Crippen molar-refractivity contribution in [1.82, 2.24) is 5.32 Å². The van der Waals surface area contributed by atoms with Crippen LogP contribution in [0.25, 0.3) is 0 Å². The van der Waals surface area contributed by atoms with E-state index >= 15 is 0 Å². The van der Waals surface area contributed by atoms with E-state index in [1.165, 1.54) is 20.2 Å². The van der Waals surface area contributed by atoms with Crippen LogP contribution in [-0.4, -0.2) is 32.6 Å². The van der Waals surface area contributed by atoms with Crippen molar-refractivity contribution in [2.24, 2.45) is 5.92 Å². The van der Waals surface area contributed by atoms with E-state index < -0.39 is 5.91 Å². The third-order valence-corrected chi connectivity index (χ3v) is 4.36. The van der Waals surface area contributed by atoms with E-state index in [0.29, 0.717) is 40.8 Å². The van der Waals surface area contributed by atoms with E-state index in [1.807, 2.05) is 0 Å². The third-order valence-electron chi connectivity index (χ3n) is 4.08. The molecule has 2 amide bonds. The lowest BCUT2D eigenvalue weighted by Crippen LogP contribution is -2.21. The van der Waals surface area contributed by atoms with Crippen LogP contribution in [-0.2, 0) is 0 Å². The molecule has 28 heavy (non-hydrogen) atoms. The van der Waals surface area contributed by atoms with E-state index in [4.69, 9.17) is 21.1 Å². The molecule has 0 atom stereocenters. The van der Waals surface area contributed by atoms with Gasteiger partial charge in [-0.2, -0.15) is 0 Å². The van der Waals surface area contributed by atoms with Crippen LogP contribution in [0, 0.1) is 5.92 Å². The summed E-state index contributed by atoms with van der Waals surface area (Å²) >= 11 is 6.33. The van der Waals surface area contributed by atoms with Gasteiger partial charge >= 0.3 is 0 Å². The molecule has 2 N–H and O–H groups in total. The molecule has 0 aromatic heterocycles. The minimum absolute atomic E-state index is 0.285. The van der Waals surface area contributed by atoms with Gasteiger partial charge in [-0.1, -0.05) is 37.6 Å². The molecule has 7 heteroatoms. The van der Waals surface area contributed by atoms with Crippen LogP contribution in [0.4, 0.5) is 5.69 Å². The predicted octanol–water partition coefficient (Wildman–Crippen LogP) is 4.39. The normalized spacial score (nSPS) is 10.5. The average Bonchev–Trinajstić information content (AvgIpc) is 2.68. The highest BCUT2D eigenvalue weighted by Gasteiger charge is 2.18. The number of anilines is 1. The number of carbonyl (C=O) groups is 2. The zero-order chi connectivity index (χ0) is 20.7. The first-order chi connectivity index (χ1) is 13.4. The summed E-state index contributed by atoms with van der Waals surface area (Å²) in [6.45, 7) is 4.71. The molecule has 0 bridgehead atoms. The molecular weight excluding hydrogens is 380 g/mol. The van der Waals surface area contributed by atoms with Gasteiger partial charge in [0.25, 0.3) is 11.8 Å². The second-order valence-electron chi connectivity index (χ2n) is 6.60. The highest BCUT2D eigenvalue weighted by Crippen LogP contribution is 2.37. The smallest absolute Gasteiger partial charge is 0.255 e. The average molecular weight is 405 g/mol. The minimum Gasteiger partial charge on any atom is -0.493 e. The number of rotatable bonds is 8. The van der Waals surface area contributed by atoms with Gasteiger partial charge in [0.2, 0.25) is 0 Å². The zero-order valence-electron chi connectivity index (χ0n) is 16.5. The summed E-state index contributed by atoms with van der Waals surface area (Å²) in [6.07, 6.45) is 0.873. The lowest BCUT2D eigenvalue weighted by molar-refractivity contribution is 0.0964. The summed E-state index contributed by atoms with van der Waals surface area (Å²) in [5.74, 6) is 0.578. The number of methoxy groups -OCH3 is 1. The molecule has 0 radical (unpaired) electrons. The molecular formula is C21H25ClN2O4. The maximum absolute atomic E-state index is 12.7.